The SMILES string of the molecule is Nc1ncc(C(F)F)c(CO)c1OC(F)(F)F. The quantitative estimate of drug-likeness (QED) is 0.813. The maximum Gasteiger partial charge on any atom is 0.573 e. The summed E-state index contributed by atoms with van der Waals surface area (Å²) < 4.78 is 64.3. The molecule has 0 bridgehead atoms. The van der Waals surface area contributed by atoms with E-state index in [1.807, 2.05) is 0 Å². The Morgan fingerprint density at radius 3 is 2.41 bits per heavy atom. The van der Waals surface area contributed by atoms with Crippen LogP contribution >= 0.6 is 0 Å². The Kier molecular flexibility index (Phi) is 3.71. The van der Waals surface area contributed by atoms with Crippen LogP contribution in [0.2, 0.25) is 0 Å². The van der Waals surface area contributed by atoms with E-state index in [1.54, 1.807) is 0 Å². The molecule has 0 amide bonds. The van der Waals surface area contributed by atoms with Gasteiger partial charge in [-0.2, -0.15) is 0 Å². The summed E-state index contributed by atoms with van der Waals surface area (Å²) in [6, 6.07) is 0. The number of nitrogens with zero attached hydrogens (tertiary/aromatic N) is 1. The van der Waals surface area contributed by atoms with E-state index in [0.717, 1.165) is 0 Å². The molecule has 1 heterocycles. The number of nitrogens with two attached hydrogens (primary N) is 1. The van der Waals surface area contributed by atoms with Crippen molar-refractivity contribution in [3.8, 4) is 5.75 Å². The van der Waals surface area contributed by atoms with Gasteiger partial charge in [0.15, 0.2) is 11.6 Å². The molecule has 0 aliphatic carbocycles. The van der Waals surface area contributed by atoms with Gasteiger partial charge < -0.3 is 15.6 Å². The van der Waals surface area contributed by atoms with Gasteiger partial charge in [0.1, 0.15) is 0 Å². The van der Waals surface area contributed by atoms with Gasteiger partial charge in [0, 0.05) is 17.3 Å². The first-order chi connectivity index (χ1) is 7.76. The lowest BCUT2D eigenvalue weighted by Crippen LogP contribution is -2.20. The maximum atomic E-state index is 12.4. The molecule has 0 fully saturated rings. The third kappa shape index (κ3) is 3.16. The van der Waals surface area contributed by atoms with Gasteiger partial charge in [-0.25, -0.2) is 13.8 Å². The lowest BCUT2D eigenvalue weighted by atomic mass is 10.1. The van der Waals surface area contributed by atoms with Crippen LogP contribution in [0.25, 0.3) is 0 Å². The molecule has 0 radical (unpaired) electrons. The van der Waals surface area contributed by atoms with E-state index in [2.05, 4.69) is 9.72 Å². The minimum atomic E-state index is -5.11. The van der Waals surface area contributed by atoms with E-state index in [-0.39, 0.29) is 0 Å². The fourth-order valence-corrected chi connectivity index (χ4v) is 1.14. The van der Waals surface area contributed by atoms with Gasteiger partial charge in [-0.15, -0.1) is 13.2 Å². The number of rotatable bonds is 3. The molecule has 0 unspecified atom stereocenters. The topological polar surface area (TPSA) is 68.4 Å². The van der Waals surface area contributed by atoms with Crippen LogP contribution in [0, 0.1) is 0 Å². The zero-order valence-corrected chi connectivity index (χ0v) is 8.13. The Bertz CT molecular complexity index is 408. The van der Waals surface area contributed by atoms with Gasteiger partial charge >= 0.3 is 6.36 Å². The summed E-state index contributed by atoms with van der Waals surface area (Å²) in [5, 5.41) is 8.81. The monoisotopic (exact) mass is 258 g/mol. The Morgan fingerprint density at radius 1 is 1.41 bits per heavy atom. The molecule has 3 N–H and O–H groups in total. The van der Waals surface area contributed by atoms with Crippen LogP contribution in [-0.4, -0.2) is 16.5 Å². The van der Waals surface area contributed by atoms with Crippen molar-refractivity contribution in [3.05, 3.63) is 17.3 Å². The predicted molar refractivity (Wildman–Crippen MR) is 46.2 cm³/mol. The molecule has 0 aromatic carbocycles. The first-order valence-corrected chi connectivity index (χ1v) is 4.18. The standard InChI is InChI=1S/C8H7F5N2O2/c9-6(10)3-1-15-7(14)5(4(3)2-16)17-8(11,12)13/h1,6,16H,2H2,(H2,14,15). The normalized spacial score (nSPS) is 11.9. The van der Waals surface area contributed by atoms with Crippen molar-refractivity contribution in [1.29, 1.82) is 0 Å². The molecule has 1 aromatic heterocycles. The number of ether oxygens (including phenoxy) is 1. The summed E-state index contributed by atoms with van der Waals surface area (Å²) in [5.41, 5.74) is 3.49. The van der Waals surface area contributed by atoms with Gasteiger partial charge in [-0.05, 0) is 0 Å². The molecule has 0 saturated heterocycles. The molecule has 9 heteroatoms. The lowest BCUT2D eigenvalue weighted by molar-refractivity contribution is -0.274. The minimum Gasteiger partial charge on any atom is -0.401 e. The molecular formula is C8H7F5N2O2. The second-order valence-corrected chi connectivity index (χ2v) is 2.91. The number of pyridine rings is 1. The highest BCUT2D eigenvalue weighted by atomic mass is 19.4. The highest BCUT2D eigenvalue weighted by Crippen LogP contribution is 2.36. The van der Waals surface area contributed by atoms with Crippen LogP contribution in [-0.2, 0) is 6.61 Å². The van der Waals surface area contributed by atoms with Gasteiger partial charge in [0.2, 0.25) is 0 Å². The van der Waals surface area contributed by atoms with Gasteiger partial charge in [0.25, 0.3) is 6.43 Å². The third-order valence-corrected chi connectivity index (χ3v) is 1.81. The van der Waals surface area contributed by atoms with Gasteiger partial charge in [-0.3, -0.25) is 0 Å². The van der Waals surface area contributed by atoms with Crippen molar-refractivity contribution in [2.75, 3.05) is 5.73 Å². The molecule has 1 aromatic rings. The third-order valence-electron chi connectivity index (χ3n) is 1.81. The van der Waals surface area contributed by atoms with Gasteiger partial charge in [-0.1, -0.05) is 0 Å². The summed E-state index contributed by atoms with van der Waals surface area (Å²) in [4.78, 5) is 3.15. The zero-order chi connectivity index (χ0) is 13.2. The van der Waals surface area contributed by atoms with Crippen molar-refractivity contribution in [2.24, 2.45) is 0 Å². The summed E-state index contributed by atoms with van der Waals surface area (Å²) in [5.74, 6) is -1.83. The number of nitrogen functional groups attached to an aromatic ring is 1. The van der Waals surface area contributed by atoms with Gasteiger partial charge in [0.05, 0.1) is 6.61 Å². The van der Waals surface area contributed by atoms with Crippen LogP contribution < -0.4 is 10.5 Å². The zero-order valence-electron chi connectivity index (χ0n) is 8.13. The second kappa shape index (κ2) is 4.70. The number of aliphatic hydroxyl groups is 1. The Labute approximate surface area is 91.8 Å². The average Bonchev–Trinajstić information content (AvgIpc) is 2.18. The van der Waals surface area contributed by atoms with Crippen LogP contribution in [0.4, 0.5) is 27.8 Å². The Hall–Kier alpha value is -1.64. The fourth-order valence-electron chi connectivity index (χ4n) is 1.14. The minimum absolute atomic E-state index is 0.592. The fraction of sp³-hybridized carbons (Fsp3) is 0.375. The first-order valence-electron chi connectivity index (χ1n) is 4.18. The van der Waals surface area contributed by atoms with Crippen LogP contribution in [0.3, 0.4) is 0 Å². The predicted octanol–water partition coefficient (Wildman–Crippen LogP) is 1.99. The molecule has 0 aliphatic rings. The summed E-state index contributed by atoms with van der Waals surface area (Å²) in [6.07, 6.45) is -7.62. The van der Waals surface area contributed by atoms with Crippen molar-refractivity contribution < 1.29 is 31.8 Å². The molecule has 0 aliphatic heterocycles. The van der Waals surface area contributed by atoms with Crippen LogP contribution in [0.5, 0.6) is 5.75 Å². The molecule has 17 heavy (non-hydrogen) atoms. The van der Waals surface area contributed by atoms with E-state index >= 15 is 0 Å². The smallest absolute Gasteiger partial charge is 0.401 e. The van der Waals surface area contributed by atoms with E-state index in [1.165, 1.54) is 0 Å². The lowest BCUT2D eigenvalue weighted by Gasteiger charge is -2.16. The molecule has 96 valence electrons. The average molecular weight is 258 g/mol. The molecule has 0 spiro atoms. The van der Waals surface area contributed by atoms with Crippen molar-refractivity contribution in [1.82, 2.24) is 4.98 Å². The molecule has 1 rings (SSSR count). The van der Waals surface area contributed by atoms with Crippen molar-refractivity contribution in [2.45, 2.75) is 19.4 Å². The highest BCUT2D eigenvalue weighted by molar-refractivity contribution is 5.54. The summed E-state index contributed by atoms with van der Waals surface area (Å²) in [6.45, 7) is -1.07. The van der Waals surface area contributed by atoms with E-state index in [9.17, 15) is 22.0 Å². The van der Waals surface area contributed by atoms with Crippen LogP contribution in [0.15, 0.2) is 6.20 Å². The number of halogens is 5. The number of alkyl halides is 5. The van der Waals surface area contributed by atoms with E-state index in [4.69, 9.17) is 10.8 Å². The summed E-state index contributed by atoms with van der Waals surface area (Å²) in [7, 11) is 0. The molecular weight excluding hydrogens is 251 g/mol. The second-order valence-electron chi connectivity index (χ2n) is 2.91. The number of aromatic nitrogens is 1. The Balaban J connectivity index is 3.30. The number of aliphatic hydroxyl groups excluding tert-OH is 1. The molecule has 0 saturated carbocycles. The van der Waals surface area contributed by atoms with Crippen molar-refractivity contribution >= 4 is 5.82 Å². The van der Waals surface area contributed by atoms with E-state index in [0.29, 0.717) is 6.20 Å². The van der Waals surface area contributed by atoms with Crippen LogP contribution in [0.1, 0.15) is 17.6 Å². The molecule has 0 atom stereocenters. The Morgan fingerprint density at radius 2 is 2.00 bits per heavy atom. The number of anilines is 1. The van der Waals surface area contributed by atoms with Crippen molar-refractivity contribution in [3.63, 3.8) is 0 Å². The number of hydrogen-bond donors (Lipinski definition) is 2. The molecule has 4 nitrogen and oxygen atoms in total. The maximum absolute atomic E-state index is 12.4. The first kappa shape index (κ1) is 13.4. The number of hydrogen-bond acceptors (Lipinski definition) is 4. The summed E-state index contributed by atoms with van der Waals surface area (Å²) >= 11 is 0. The van der Waals surface area contributed by atoms with E-state index < -0.39 is 42.1 Å². The highest BCUT2D eigenvalue weighted by Gasteiger charge is 2.34. The largest absolute Gasteiger partial charge is 0.573 e.